The molecule has 4 aromatic rings. The van der Waals surface area contributed by atoms with Crippen molar-refractivity contribution in [2.45, 2.75) is 13.5 Å². The van der Waals surface area contributed by atoms with E-state index in [0.717, 1.165) is 16.5 Å². The summed E-state index contributed by atoms with van der Waals surface area (Å²) in [4.78, 5) is 15.8. The second kappa shape index (κ2) is 6.14. The summed E-state index contributed by atoms with van der Waals surface area (Å²) in [5, 5.41) is 12.3. The first-order chi connectivity index (χ1) is 12.1. The van der Waals surface area contributed by atoms with Crippen LogP contribution in [0.15, 0.2) is 48.5 Å². The molecular formula is C18H14ClN5O. The van der Waals surface area contributed by atoms with Gasteiger partial charge in [0, 0.05) is 23.9 Å². The van der Waals surface area contributed by atoms with E-state index in [9.17, 15) is 4.79 Å². The Hall–Kier alpha value is -2.99. The number of halogens is 1. The number of nitrogens with one attached hydrogen (secondary N) is 1. The summed E-state index contributed by atoms with van der Waals surface area (Å²) in [5.74, 6) is -0.0573. The molecule has 7 heteroatoms. The van der Waals surface area contributed by atoms with Crippen LogP contribution in [0.4, 0.5) is 5.95 Å². The van der Waals surface area contributed by atoms with Crippen LogP contribution in [0.2, 0.25) is 5.02 Å². The maximum absolute atomic E-state index is 11.3. The van der Waals surface area contributed by atoms with Crippen LogP contribution in [0, 0.1) is 0 Å². The van der Waals surface area contributed by atoms with Crippen molar-refractivity contribution in [2.75, 3.05) is 5.32 Å². The van der Waals surface area contributed by atoms with E-state index in [0.29, 0.717) is 22.7 Å². The predicted molar refractivity (Wildman–Crippen MR) is 97.7 cm³/mol. The molecule has 0 unspecified atom stereocenters. The molecule has 0 aliphatic rings. The van der Waals surface area contributed by atoms with Gasteiger partial charge in [-0.15, -0.1) is 10.2 Å². The fraction of sp³-hybridized carbons (Fsp3) is 0.111. The van der Waals surface area contributed by atoms with Crippen molar-refractivity contribution in [1.29, 1.82) is 0 Å². The van der Waals surface area contributed by atoms with Crippen molar-refractivity contribution in [2.24, 2.45) is 0 Å². The Morgan fingerprint density at radius 1 is 1.16 bits per heavy atom. The first-order valence-electron chi connectivity index (χ1n) is 7.75. The lowest BCUT2D eigenvalue weighted by atomic mass is 10.2. The molecule has 1 amide bonds. The Kier molecular flexibility index (Phi) is 3.82. The van der Waals surface area contributed by atoms with Gasteiger partial charge in [0.25, 0.3) is 5.95 Å². The number of anilines is 1. The first-order valence-corrected chi connectivity index (χ1v) is 8.13. The number of hydrogen-bond acceptors (Lipinski definition) is 4. The predicted octanol–water partition coefficient (Wildman–Crippen LogP) is 3.64. The highest BCUT2D eigenvalue weighted by atomic mass is 35.5. The van der Waals surface area contributed by atoms with E-state index in [2.05, 4.69) is 37.2 Å². The summed E-state index contributed by atoms with van der Waals surface area (Å²) in [7, 11) is 0. The van der Waals surface area contributed by atoms with Crippen LogP contribution in [-0.2, 0) is 11.3 Å². The Labute approximate surface area is 148 Å². The molecule has 0 saturated heterocycles. The smallest absolute Gasteiger partial charge is 0.251 e. The van der Waals surface area contributed by atoms with Gasteiger partial charge in [-0.2, -0.15) is 4.98 Å². The molecule has 2 heterocycles. The average molecular weight is 352 g/mol. The van der Waals surface area contributed by atoms with Gasteiger partial charge in [-0.1, -0.05) is 41.9 Å². The molecule has 0 aliphatic heterocycles. The van der Waals surface area contributed by atoms with Crippen LogP contribution in [-0.4, -0.2) is 25.7 Å². The van der Waals surface area contributed by atoms with Gasteiger partial charge in [0.2, 0.25) is 5.91 Å². The number of carbonyl (C=O) groups excluding carboxylic acids is 1. The normalized spacial score (nSPS) is 11.1. The lowest BCUT2D eigenvalue weighted by molar-refractivity contribution is -0.114. The van der Waals surface area contributed by atoms with E-state index in [1.165, 1.54) is 6.92 Å². The highest BCUT2D eigenvalue weighted by molar-refractivity contribution is 6.31. The van der Waals surface area contributed by atoms with Crippen molar-refractivity contribution in [1.82, 2.24) is 19.7 Å². The molecule has 2 aromatic heterocycles. The zero-order valence-corrected chi connectivity index (χ0v) is 14.2. The van der Waals surface area contributed by atoms with Crippen LogP contribution in [0.3, 0.4) is 0 Å². The minimum absolute atomic E-state index is 0.184. The molecular weight excluding hydrogens is 338 g/mol. The molecule has 1 N–H and O–H groups in total. The third-order valence-corrected chi connectivity index (χ3v) is 4.13. The number of fused-ring (bicyclic) bond motifs is 3. The van der Waals surface area contributed by atoms with Crippen molar-refractivity contribution in [3.05, 3.63) is 59.1 Å². The SMILES string of the molecule is CC(=O)Nc1nnc2c3cc(Cl)ccc3n(Cc3ccccc3)c2n1. The lowest BCUT2D eigenvalue weighted by Crippen LogP contribution is -2.11. The number of amides is 1. The maximum atomic E-state index is 11.3. The molecule has 0 saturated carbocycles. The topological polar surface area (TPSA) is 72.7 Å². The Balaban J connectivity index is 1.96. The molecule has 0 fully saturated rings. The highest BCUT2D eigenvalue weighted by Gasteiger charge is 2.16. The van der Waals surface area contributed by atoms with E-state index < -0.39 is 0 Å². The zero-order chi connectivity index (χ0) is 17.4. The molecule has 25 heavy (non-hydrogen) atoms. The van der Waals surface area contributed by atoms with Gasteiger partial charge < -0.3 is 4.57 Å². The standard InChI is InChI=1S/C18H14ClN5O/c1-11(25)20-18-21-17-16(22-23-18)14-9-13(19)7-8-15(14)24(17)10-12-5-3-2-4-6-12/h2-9H,10H2,1H3,(H,20,21,23,25). The van der Waals surface area contributed by atoms with E-state index in [1.54, 1.807) is 0 Å². The van der Waals surface area contributed by atoms with Crippen molar-refractivity contribution >= 4 is 45.5 Å². The fourth-order valence-electron chi connectivity index (χ4n) is 2.86. The first kappa shape index (κ1) is 15.5. The van der Waals surface area contributed by atoms with E-state index in [-0.39, 0.29) is 11.9 Å². The minimum atomic E-state index is -0.241. The third kappa shape index (κ3) is 2.92. The van der Waals surface area contributed by atoms with Crippen LogP contribution in [0.25, 0.3) is 22.1 Å². The van der Waals surface area contributed by atoms with E-state index in [1.807, 2.05) is 36.4 Å². The summed E-state index contributed by atoms with van der Waals surface area (Å²) >= 11 is 6.15. The summed E-state index contributed by atoms with van der Waals surface area (Å²) in [6.45, 7) is 2.04. The summed E-state index contributed by atoms with van der Waals surface area (Å²) in [5.41, 5.74) is 3.41. The number of aromatic nitrogens is 4. The van der Waals surface area contributed by atoms with Crippen LogP contribution in [0.1, 0.15) is 12.5 Å². The molecule has 0 bridgehead atoms. The Bertz CT molecular complexity index is 1090. The fourth-order valence-corrected chi connectivity index (χ4v) is 3.04. The highest BCUT2D eigenvalue weighted by Crippen LogP contribution is 2.29. The zero-order valence-electron chi connectivity index (χ0n) is 13.4. The third-order valence-electron chi connectivity index (χ3n) is 3.90. The molecule has 0 aliphatic carbocycles. The van der Waals surface area contributed by atoms with Crippen LogP contribution in [0.5, 0.6) is 0 Å². The number of rotatable bonds is 3. The van der Waals surface area contributed by atoms with Crippen LogP contribution >= 0.6 is 11.6 Å². The number of carbonyl (C=O) groups is 1. The van der Waals surface area contributed by atoms with Gasteiger partial charge in [0.05, 0.1) is 5.52 Å². The van der Waals surface area contributed by atoms with Crippen molar-refractivity contribution < 1.29 is 4.79 Å². The Morgan fingerprint density at radius 2 is 1.96 bits per heavy atom. The number of nitrogens with zero attached hydrogens (tertiary/aromatic N) is 4. The van der Waals surface area contributed by atoms with Crippen molar-refractivity contribution in [3.63, 3.8) is 0 Å². The van der Waals surface area contributed by atoms with Gasteiger partial charge in [0.1, 0.15) is 5.52 Å². The van der Waals surface area contributed by atoms with Gasteiger partial charge in [-0.25, -0.2) is 0 Å². The van der Waals surface area contributed by atoms with Crippen LogP contribution < -0.4 is 5.32 Å². The molecule has 4 rings (SSSR count). The lowest BCUT2D eigenvalue weighted by Gasteiger charge is -2.07. The molecule has 0 radical (unpaired) electrons. The van der Waals surface area contributed by atoms with Gasteiger partial charge in [-0.05, 0) is 23.8 Å². The quantitative estimate of drug-likeness (QED) is 0.611. The molecule has 6 nitrogen and oxygen atoms in total. The summed E-state index contributed by atoms with van der Waals surface area (Å²) in [6.07, 6.45) is 0. The Morgan fingerprint density at radius 3 is 2.72 bits per heavy atom. The minimum Gasteiger partial charge on any atom is -0.319 e. The second-order valence-corrected chi connectivity index (χ2v) is 6.16. The molecule has 0 atom stereocenters. The largest absolute Gasteiger partial charge is 0.319 e. The molecule has 2 aromatic carbocycles. The molecule has 0 spiro atoms. The van der Waals surface area contributed by atoms with Gasteiger partial charge in [-0.3, -0.25) is 10.1 Å². The second-order valence-electron chi connectivity index (χ2n) is 5.72. The van der Waals surface area contributed by atoms with E-state index in [4.69, 9.17) is 11.6 Å². The summed E-state index contributed by atoms with van der Waals surface area (Å²) < 4.78 is 2.05. The molecule has 124 valence electrons. The summed E-state index contributed by atoms with van der Waals surface area (Å²) in [6, 6.07) is 15.7. The average Bonchev–Trinajstić information content (AvgIpc) is 2.88. The van der Waals surface area contributed by atoms with Gasteiger partial charge in [0.15, 0.2) is 5.65 Å². The van der Waals surface area contributed by atoms with Crippen molar-refractivity contribution in [3.8, 4) is 0 Å². The number of benzene rings is 2. The maximum Gasteiger partial charge on any atom is 0.251 e. The van der Waals surface area contributed by atoms with E-state index >= 15 is 0 Å². The number of hydrogen-bond donors (Lipinski definition) is 1. The monoisotopic (exact) mass is 351 g/mol. The van der Waals surface area contributed by atoms with Gasteiger partial charge >= 0.3 is 0 Å².